The molecule has 198 valence electrons. The molecule has 1 aromatic heterocycles. The number of rotatable bonds is 8. The molecule has 2 N–H and O–H groups in total. The van der Waals surface area contributed by atoms with Crippen LogP contribution in [-0.4, -0.2) is 62.4 Å². The Balaban J connectivity index is 1.45. The maximum atomic E-state index is 13.4. The number of urea groups is 1. The van der Waals surface area contributed by atoms with E-state index in [4.69, 9.17) is 14.5 Å². The molecule has 3 aromatic carbocycles. The van der Waals surface area contributed by atoms with Gasteiger partial charge in [-0.1, -0.05) is 60.7 Å². The summed E-state index contributed by atoms with van der Waals surface area (Å²) in [6, 6.07) is 27.1. The van der Waals surface area contributed by atoms with Crippen molar-refractivity contribution >= 4 is 22.6 Å². The fraction of sp³-hybridized carbons (Fsp3) is 0.258. The van der Waals surface area contributed by atoms with Crippen LogP contribution in [-0.2, 0) is 4.74 Å². The Bertz CT molecular complexity index is 1490. The number of hydrogen-bond acceptors (Lipinski definition) is 6. The largest absolute Gasteiger partial charge is 0.495 e. The molecule has 0 aliphatic carbocycles. The summed E-state index contributed by atoms with van der Waals surface area (Å²) in [7, 11) is 3.23. The van der Waals surface area contributed by atoms with Crippen molar-refractivity contribution in [3.8, 4) is 23.1 Å². The first-order valence-corrected chi connectivity index (χ1v) is 12.9. The molecule has 5 rings (SSSR count). The molecule has 1 aliphatic heterocycles. The average Bonchev–Trinajstić information content (AvgIpc) is 3.38. The first-order valence-electron chi connectivity index (χ1n) is 12.9. The van der Waals surface area contributed by atoms with E-state index in [0.29, 0.717) is 34.8 Å². The van der Waals surface area contributed by atoms with Gasteiger partial charge >= 0.3 is 6.03 Å². The average molecular weight is 522 g/mol. The summed E-state index contributed by atoms with van der Waals surface area (Å²) >= 11 is 0. The maximum Gasteiger partial charge on any atom is 0.319 e. The summed E-state index contributed by atoms with van der Waals surface area (Å²) in [5, 5.41) is 16.6. The Kier molecular flexibility index (Phi) is 8.02. The van der Waals surface area contributed by atoms with Gasteiger partial charge in [0.25, 0.3) is 0 Å². The molecule has 8 heteroatoms. The lowest BCUT2D eigenvalue weighted by Crippen LogP contribution is -2.42. The van der Waals surface area contributed by atoms with Crippen molar-refractivity contribution in [1.29, 1.82) is 5.26 Å². The summed E-state index contributed by atoms with van der Waals surface area (Å²) < 4.78 is 10.7. The zero-order valence-corrected chi connectivity index (χ0v) is 22.1. The van der Waals surface area contributed by atoms with E-state index in [1.807, 2.05) is 54.6 Å². The number of nitriles is 1. The van der Waals surface area contributed by atoms with E-state index in [9.17, 15) is 10.1 Å². The lowest BCUT2D eigenvalue weighted by molar-refractivity contribution is 0.159. The molecule has 1 saturated heterocycles. The zero-order valence-electron chi connectivity index (χ0n) is 22.1. The third-order valence-electron chi connectivity index (χ3n) is 7.10. The van der Waals surface area contributed by atoms with Crippen molar-refractivity contribution < 1.29 is 14.3 Å². The fourth-order valence-corrected chi connectivity index (χ4v) is 5.17. The molecule has 0 bridgehead atoms. The van der Waals surface area contributed by atoms with Crippen LogP contribution in [0.25, 0.3) is 22.2 Å². The van der Waals surface area contributed by atoms with Crippen LogP contribution in [0.1, 0.15) is 17.0 Å². The van der Waals surface area contributed by atoms with E-state index < -0.39 is 0 Å². The molecule has 0 spiro atoms. The highest BCUT2D eigenvalue weighted by molar-refractivity contribution is 5.98. The van der Waals surface area contributed by atoms with Crippen LogP contribution in [0.3, 0.4) is 0 Å². The molecule has 2 amide bonds. The number of likely N-dealkylation sites (tertiary alicyclic amines) is 1. The number of ether oxygens (including phenoxy) is 2. The molecule has 4 aromatic rings. The lowest BCUT2D eigenvalue weighted by atomic mass is 9.94. The monoisotopic (exact) mass is 521 g/mol. The van der Waals surface area contributed by atoms with Gasteiger partial charge in [0.2, 0.25) is 0 Å². The van der Waals surface area contributed by atoms with E-state index in [2.05, 4.69) is 33.7 Å². The Labute approximate surface area is 228 Å². The molecule has 2 atom stereocenters. The summed E-state index contributed by atoms with van der Waals surface area (Å²) in [5.41, 5.74) is 4.30. The minimum absolute atomic E-state index is 0.0730. The number of benzene rings is 3. The predicted molar refractivity (Wildman–Crippen MR) is 152 cm³/mol. The van der Waals surface area contributed by atoms with E-state index >= 15 is 0 Å². The number of hydrogen-bond donors (Lipinski definition) is 2. The van der Waals surface area contributed by atoms with E-state index in [0.717, 1.165) is 30.6 Å². The Morgan fingerprint density at radius 3 is 2.49 bits per heavy atom. The van der Waals surface area contributed by atoms with Gasteiger partial charge in [-0.3, -0.25) is 4.90 Å². The standard InChI is InChI=1S/C31H31N5O3/c1-38-14-13-36-19-25(21-9-5-3-6-10-21)28(20-36)35-31(37)34-27-15-23-17-29(39-2)24(18-32)16-26(23)33-30(27)22-11-7-4-8-12-22/h3-12,15-17,25,28H,13-14,19-20H2,1-2H3,(H2,34,35,37)/t25-,28+/m0/s1. The number of anilines is 1. The van der Waals surface area contributed by atoms with Gasteiger partial charge in [0, 0.05) is 43.6 Å². The van der Waals surface area contributed by atoms with Crippen LogP contribution in [0.4, 0.5) is 10.5 Å². The van der Waals surface area contributed by atoms with Crippen LogP contribution >= 0.6 is 0 Å². The summed E-state index contributed by atoms with van der Waals surface area (Å²) in [6.45, 7) is 3.01. The summed E-state index contributed by atoms with van der Waals surface area (Å²) in [5.74, 6) is 0.619. The van der Waals surface area contributed by atoms with Crippen LogP contribution in [0.15, 0.2) is 78.9 Å². The maximum absolute atomic E-state index is 13.4. The molecule has 0 radical (unpaired) electrons. The van der Waals surface area contributed by atoms with Crippen LogP contribution in [0.5, 0.6) is 5.75 Å². The molecular weight excluding hydrogens is 490 g/mol. The lowest BCUT2D eigenvalue weighted by Gasteiger charge is -2.21. The van der Waals surface area contributed by atoms with E-state index in [1.54, 1.807) is 19.2 Å². The molecule has 1 aliphatic rings. The Hall–Kier alpha value is -4.45. The van der Waals surface area contributed by atoms with Gasteiger partial charge in [-0.25, -0.2) is 9.78 Å². The van der Waals surface area contributed by atoms with E-state index in [1.165, 1.54) is 12.7 Å². The highest BCUT2D eigenvalue weighted by Gasteiger charge is 2.34. The molecular formula is C31H31N5O3. The molecule has 0 saturated carbocycles. The van der Waals surface area contributed by atoms with Gasteiger partial charge in [-0.05, 0) is 23.8 Å². The second-order valence-electron chi connectivity index (χ2n) is 9.58. The minimum Gasteiger partial charge on any atom is -0.495 e. The topological polar surface area (TPSA) is 99.5 Å². The van der Waals surface area contributed by atoms with Crippen LogP contribution in [0, 0.1) is 11.3 Å². The van der Waals surface area contributed by atoms with Gasteiger partial charge in [0.1, 0.15) is 11.8 Å². The molecule has 39 heavy (non-hydrogen) atoms. The smallest absolute Gasteiger partial charge is 0.319 e. The predicted octanol–water partition coefficient (Wildman–Crippen LogP) is 5.02. The van der Waals surface area contributed by atoms with Gasteiger partial charge in [0.05, 0.1) is 42.2 Å². The second kappa shape index (κ2) is 11.9. The van der Waals surface area contributed by atoms with Crippen molar-refractivity contribution in [3.05, 3.63) is 90.0 Å². The van der Waals surface area contributed by atoms with Crippen molar-refractivity contribution in [2.24, 2.45) is 0 Å². The fourth-order valence-electron chi connectivity index (χ4n) is 5.17. The summed E-state index contributed by atoms with van der Waals surface area (Å²) in [6.07, 6.45) is 0. The number of amides is 2. The van der Waals surface area contributed by atoms with E-state index in [-0.39, 0.29) is 18.0 Å². The third kappa shape index (κ3) is 5.85. The van der Waals surface area contributed by atoms with Crippen LogP contribution in [0.2, 0.25) is 0 Å². The molecule has 8 nitrogen and oxygen atoms in total. The Morgan fingerprint density at radius 2 is 1.79 bits per heavy atom. The molecule has 2 heterocycles. The van der Waals surface area contributed by atoms with Gasteiger partial charge < -0.3 is 20.1 Å². The molecule has 1 fully saturated rings. The van der Waals surface area contributed by atoms with Gasteiger partial charge in [-0.15, -0.1) is 0 Å². The number of carbonyl (C=O) groups is 1. The first kappa shape index (κ1) is 26.2. The quantitative estimate of drug-likeness (QED) is 0.338. The van der Waals surface area contributed by atoms with Gasteiger partial charge in [0.15, 0.2) is 0 Å². The number of aromatic nitrogens is 1. The van der Waals surface area contributed by atoms with Gasteiger partial charge in [-0.2, -0.15) is 5.26 Å². The number of fused-ring (bicyclic) bond motifs is 1. The SMILES string of the molecule is COCCN1C[C@@H](NC(=O)Nc2cc3cc(OC)c(C#N)cc3nc2-c2ccccc2)[C@H](c2ccccc2)C1. The number of nitrogens with zero attached hydrogens (tertiary/aromatic N) is 3. The third-order valence-corrected chi connectivity index (χ3v) is 7.10. The van der Waals surface area contributed by atoms with Crippen molar-refractivity contribution in [3.63, 3.8) is 0 Å². The zero-order chi connectivity index (χ0) is 27.2. The summed E-state index contributed by atoms with van der Waals surface area (Å²) in [4.78, 5) is 20.6. The number of carbonyl (C=O) groups excluding carboxylic acids is 1. The van der Waals surface area contributed by atoms with Crippen LogP contribution < -0.4 is 15.4 Å². The number of pyridine rings is 1. The highest BCUT2D eigenvalue weighted by atomic mass is 16.5. The first-order chi connectivity index (χ1) is 19.1. The minimum atomic E-state index is -0.298. The normalized spacial score (nSPS) is 17.1. The van der Waals surface area contributed by atoms with Crippen molar-refractivity contribution in [2.75, 3.05) is 45.8 Å². The molecule has 0 unspecified atom stereocenters. The highest BCUT2D eigenvalue weighted by Crippen LogP contribution is 2.33. The second-order valence-corrected chi connectivity index (χ2v) is 9.58. The Morgan fingerprint density at radius 1 is 1.05 bits per heavy atom. The van der Waals surface area contributed by atoms with Crippen molar-refractivity contribution in [1.82, 2.24) is 15.2 Å². The number of methoxy groups -OCH3 is 2. The number of nitrogens with one attached hydrogen (secondary N) is 2. The van der Waals surface area contributed by atoms with Crippen molar-refractivity contribution in [2.45, 2.75) is 12.0 Å².